The minimum Gasteiger partial charge on any atom is -0.359 e. The fourth-order valence-corrected chi connectivity index (χ4v) is 3.38. The van der Waals surface area contributed by atoms with Gasteiger partial charge in [-0.15, -0.1) is 0 Å². The van der Waals surface area contributed by atoms with Crippen LogP contribution in [0.5, 0.6) is 0 Å². The number of carbonyl (C=O) groups excluding carboxylic acids is 1. The molecule has 1 fully saturated rings. The molecule has 1 aliphatic rings. The molecule has 0 radical (unpaired) electrons. The highest BCUT2D eigenvalue weighted by Gasteiger charge is 2.20. The van der Waals surface area contributed by atoms with Gasteiger partial charge in [-0.3, -0.25) is 4.79 Å². The van der Waals surface area contributed by atoms with Crippen LogP contribution < -0.4 is 5.32 Å². The highest BCUT2D eigenvalue weighted by molar-refractivity contribution is 5.92. The zero-order valence-electron chi connectivity index (χ0n) is 13.7. The molecule has 1 amide bonds. The molecule has 1 aromatic carbocycles. The van der Waals surface area contributed by atoms with Gasteiger partial charge in [0, 0.05) is 12.1 Å². The number of carbonyl (C=O) groups is 1. The molecule has 1 N–H and O–H groups in total. The van der Waals surface area contributed by atoms with Crippen molar-refractivity contribution in [2.24, 2.45) is 0 Å². The number of hydrogen-bond acceptors (Lipinski definition) is 4. The summed E-state index contributed by atoms with van der Waals surface area (Å²) in [5.41, 5.74) is 2.34. The van der Waals surface area contributed by atoms with E-state index in [4.69, 9.17) is 4.52 Å². The lowest BCUT2D eigenvalue weighted by Gasteiger charge is -2.09. The SMILES string of the molecule is Cc1nc2ccccc2n1Cc1cc(C(=O)NC2CCCC2)no1. The van der Waals surface area contributed by atoms with Crippen LogP contribution in [0.4, 0.5) is 0 Å². The van der Waals surface area contributed by atoms with Crippen LogP contribution in [0.3, 0.4) is 0 Å². The molecule has 0 aliphatic heterocycles. The maximum Gasteiger partial charge on any atom is 0.273 e. The van der Waals surface area contributed by atoms with E-state index in [2.05, 4.69) is 20.0 Å². The summed E-state index contributed by atoms with van der Waals surface area (Å²) in [5.74, 6) is 1.41. The highest BCUT2D eigenvalue weighted by atomic mass is 16.5. The van der Waals surface area contributed by atoms with Crippen LogP contribution >= 0.6 is 0 Å². The van der Waals surface area contributed by atoms with Crippen LogP contribution in [0.15, 0.2) is 34.9 Å². The third-order valence-electron chi connectivity index (χ3n) is 4.64. The molecule has 6 nitrogen and oxygen atoms in total. The first-order valence-corrected chi connectivity index (χ1v) is 8.39. The second-order valence-corrected chi connectivity index (χ2v) is 6.37. The van der Waals surface area contributed by atoms with Crippen molar-refractivity contribution < 1.29 is 9.32 Å². The highest BCUT2D eigenvalue weighted by Crippen LogP contribution is 2.19. The van der Waals surface area contributed by atoms with E-state index in [0.29, 0.717) is 18.0 Å². The Morgan fingerprint density at radius 2 is 2.12 bits per heavy atom. The number of para-hydroxylation sites is 2. The van der Waals surface area contributed by atoms with E-state index in [9.17, 15) is 4.79 Å². The predicted molar refractivity (Wildman–Crippen MR) is 89.8 cm³/mol. The summed E-state index contributed by atoms with van der Waals surface area (Å²) >= 11 is 0. The summed E-state index contributed by atoms with van der Waals surface area (Å²) in [7, 11) is 0. The van der Waals surface area contributed by atoms with Gasteiger partial charge in [-0.25, -0.2) is 4.98 Å². The molecule has 0 unspecified atom stereocenters. The molecule has 0 atom stereocenters. The van der Waals surface area contributed by atoms with Gasteiger partial charge in [-0.1, -0.05) is 30.1 Å². The summed E-state index contributed by atoms with van der Waals surface area (Å²) < 4.78 is 7.43. The summed E-state index contributed by atoms with van der Waals surface area (Å²) in [5, 5.41) is 6.96. The van der Waals surface area contributed by atoms with Crippen LogP contribution in [0.2, 0.25) is 0 Å². The molecule has 24 heavy (non-hydrogen) atoms. The van der Waals surface area contributed by atoms with Crippen LogP contribution in [-0.2, 0) is 6.54 Å². The van der Waals surface area contributed by atoms with Gasteiger partial charge in [0.15, 0.2) is 11.5 Å². The standard InChI is InChI=1S/C18H20N4O2/c1-12-19-15-8-4-5-9-17(15)22(12)11-14-10-16(21-24-14)18(23)20-13-6-2-3-7-13/h4-5,8-10,13H,2-3,6-7,11H2,1H3,(H,20,23). The Labute approximate surface area is 139 Å². The van der Waals surface area contributed by atoms with Crippen molar-refractivity contribution in [3.63, 3.8) is 0 Å². The summed E-state index contributed by atoms with van der Waals surface area (Å²) in [6.07, 6.45) is 4.47. The lowest BCUT2D eigenvalue weighted by Crippen LogP contribution is -2.32. The molecule has 0 spiro atoms. The Kier molecular flexibility index (Phi) is 3.80. The first-order valence-electron chi connectivity index (χ1n) is 8.39. The number of hydrogen-bond donors (Lipinski definition) is 1. The Morgan fingerprint density at radius 1 is 1.33 bits per heavy atom. The third-order valence-corrected chi connectivity index (χ3v) is 4.64. The average molecular weight is 324 g/mol. The first kappa shape index (κ1) is 14.9. The largest absolute Gasteiger partial charge is 0.359 e. The lowest BCUT2D eigenvalue weighted by molar-refractivity contribution is 0.0928. The summed E-state index contributed by atoms with van der Waals surface area (Å²) in [6, 6.07) is 9.97. The van der Waals surface area contributed by atoms with E-state index < -0.39 is 0 Å². The molecule has 0 bridgehead atoms. The Hall–Kier alpha value is -2.63. The normalized spacial score (nSPS) is 15.2. The molecule has 4 rings (SSSR count). The van der Waals surface area contributed by atoms with Gasteiger partial charge in [-0.2, -0.15) is 0 Å². The number of nitrogens with one attached hydrogen (secondary N) is 1. The zero-order valence-corrected chi connectivity index (χ0v) is 13.7. The molecule has 6 heteroatoms. The van der Waals surface area contributed by atoms with Gasteiger partial charge in [0.2, 0.25) is 0 Å². The Balaban J connectivity index is 1.52. The minimum atomic E-state index is -0.149. The van der Waals surface area contributed by atoms with E-state index in [0.717, 1.165) is 29.7 Å². The van der Waals surface area contributed by atoms with Gasteiger partial charge in [0.25, 0.3) is 5.91 Å². The first-order chi connectivity index (χ1) is 11.7. The van der Waals surface area contributed by atoms with E-state index in [1.54, 1.807) is 6.07 Å². The molecule has 124 valence electrons. The lowest BCUT2D eigenvalue weighted by atomic mass is 10.2. The second kappa shape index (κ2) is 6.11. The molecular weight excluding hydrogens is 304 g/mol. The fourth-order valence-electron chi connectivity index (χ4n) is 3.38. The summed E-state index contributed by atoms with van der Waals surface area (Å²) in [6.45, 7) is 2.47. The van der Waals surface area contributed by atoms with Gasteiger partial charge >= 0.3 is 0 Å². The molecule has 0 saturated heterocycles. The number of rotatable bonds is 4. The van der Waals surface area contributed by atoms with Crippen LogP contribution in [0.25, 0.3) is 11.0 Å². The molecule has 3 aromatic rings. The molecule has 2 aromatic heterocycles. The van der Waals surface area contributed by atoms with Gasteiger partial charge < -0.3 is 14.4 Å². The number of amides is 1. The van der Waals surface area contributed by atoms with Crippen molar-refractivity contribution in [3.05, 3.63) is 47.6 Å². The van der Waals surface area contributed by atoms with Crippen molar-refractivity contribution in [3.8, 4) is 0 Å². The molecule has 1 aliphatic carbocycles. The van der Waals surface area contributed by atoms with Crippen molar-refractivity contribution in [2.45, 2.75) is 45.2 Å². The van der Waals surface area contributed by atoms with E-state index in [-0.39, 0.29) is 11.9 Å². The third kappa shape index (κ3) is 2.79. The number of imidazole rings is 1. The van der Waals surface area contributed by atoms with E-state index >= 15 is 0 Å². The van der Waals surface area contributed by atoms with Crippen LogP contribution in [0.1, 0.15) is 47.8 Å². The minimum absolute atomic E-state index is 0.149. The molecule has 2 heterocycles. The van der Waals surface area contributed by atoms with Gasteiger partial charge in [0.05, 0.1) is 17.6 Å². The van der Waals surface area contributed by atoms with Crippen LogP contribution in [-0.4, -0.2) is 26.7 Å². The Morgan fingerprint density at radius 3 is 2.96 bits per heavy atom. The van der Waals surface area contributed by atoms with Gasteiger partial charge in [0.1, 0.15) is 5.82 Å². The van der Waals surface area contributed by atoms with Crippen molar-refractivity contribution in [1.29, 1.82) is 0 Å². The van der Waals surface area contributed by atoms with Gasteiger partial charge in [-0.05, 0) is 31.9 Å². The summed E-state index contributed by atoms with van der Waals surface area (Å²) in [4.78, 5) is 16.8. The van der Waals surface area contributed by atoms with E-state index in [1.165, 1.54) is 12.8 Å². The van der Waals surface area contributed by atoms with E-state index in [1.807, 2.05) is 31.2 Å². The maximum atomic E-state index is 12.2. The quantitative estimate of drug-likeness (QED) is 0.800. The number of benzene rings is 1. The monoisotopic (exact) mass is 324 g/mol. The Bertz CT molecular complexity index is 874. The zero-order chi connectivity index (χ0) is 16.5. The number of aryl methyl sites for hydroxylation is 1. The topological polar surface area (TPSA) is 73.0 Å². The molecular formula is C18H20N4O2. The predicted octanol–water partition coefficient (Wildman–Crippen LogP) is 3.05. The average Bonchev–Trinajstić information content (AvgIpc) is 3.29. The van der Waals surface area contributed by atoms with Crippen LogP contribution in [0, 0.1) is 6.92 Å². The van der Waals surface area contributed by atoms with Crippen molar-refractivity contribution in [2.75, 3.05) is 0 Å². The van der Waals surface area contributed by atoms with Crippen molar-refractivity contribution >= 4 is 16.9 Å². The van der Waals surface area contributed by atoms with Crippen molar-refractivity contribution in [1.82, 2.24) is 20.0 Å². The molecule has 1 saturated carbocycles. The number of aromatic nitrogens is 3. The smallest absolute Gasteiger partial charge is 0.273 e. The maximum absolute atomic E-state index is 12.2. The fraction of sp³-hybridized carbons (Fsp3) is 0.389. The number of fused-ring (bicyclic) bond motifs is 1. The second-order valence-electron chi connectivity index (χ2n) is 6.37. The number of nitrogens with zero attached hydrogens (tertiary/aromatic N) is 3.